The molecule has 0 atom stereocenters. The second-order valence-corrected chi connectivity index (χ2v) is 1.95. The van der Waals surface area contributed by atoms with Crippen molar-refractivity contribution >= 4 is 8.52 Å². The molecule has 30 valence electrons. The summed E-state index contributed by atoms with van der Waals surface area (Å²) in [6.07, 6.45) is 0. The Morgan fingerprint density at radius 1 is 1.60 bits per heavy atom. The Bertz CT molecular complexity index is 34.6. The van der Waals surface area contributed by atoms with E-state index in [2.05, 4.69) is 0 Å². The summed E-state index contributed by atoms with van der Waals surface area (Å²) in [5, 5.41) is 6.56. The molecule has 0 saturated heterocycles. The first-order valence-corrected chi connectivity index (χ1v) is 2.17. The van der Waals surface area contributed by atoms with Gasteiger partial charge in [-0.2, -0.15) is 0 Å². The maximum atomic E-state index is 6.56. The van der Waals surface area contributed by atoms with E-state index in [4.69, 9.17) is 5.16 Å². The lowest BCUT2D eigenvalue weighted by Crippen LogP contribution is -1.90. The van der Waals surface area contributed by atoms with Gasteiger partial charge in [-0.3, -0.25) is 5.16 Å². The molecule has 0 saturated carbocycles. The zero-order valence-corrected chi connectivity index (χ0v) is 4.29. The molecular weight excluding hydrogens is 83.0 g/mol. The van der Waals surface area contributed by atoms with Gasteiger partial charge in [-0.05, 0) is 14.1 Å². The van der Waals surface area contributed by atoms with Crippen LogP contribution in [0.4, 0.5) is 0 Å². The van der Waals surface area contributed by atoms with E-state index in [1.807, 2.05) is 14.1 Å². The molecule has 0 unspecified atom stereocenters. The number of nitrogens with zero attached hydrogens (tertiary/aromatic N) is 1. The fourth-order valence-electron chi connectivity index (χ4n) is 0. The highest BCUT2D eigenvalue weighted by molar-refractivity contribution is 7.21. The third-order valence-corrected chi connectivity index (χ3v) is 0.600. The molecule has 0 aliphatic rings. The summed E-state index contributed by atoms with van der Waals surface area (Å²) in [7, 11) is 4.29. The van der Waals surface area contributed by atoms with E-state index in [0.29, 0.717) is 8.52 Å². The van der Waals surface area contributed by atoms with Crippen molar-refractivity contribution in [2.45, 2.75) is 0 Å². The number of hydrogen-bond donors (Lipinski definition) is 1. The molecule has 0 aliphatic heterocycles. The third-order valence-electron chi connectivity index (χ3n) is 0.200. The van der Waals surface area contributed by atoms with E-state index < -0.39 is 0 Å². The summed E-state index contributed by atoms with van der Waals surface area (Å²) in [5.41, 5.74) is 0. The highest BCUT2D eigenvalue weighted by Gasteiger charge is 1.69. The minimum Gasteiger partial charge on any atom is -0.269 e. The topological polar surface area (TPSA) is 27.1 Å². The lowest BCUT2D eigenvalue weighted by molar-refractivity contribution is 0.694. The van der Waals surface area contributed by atoms with Gasteiger partial charge in [-0.15, -0.1) is 0 Å². The minimum atomic E-state index is 0.580. The molecule has 3 heteroatoms. The molecule has 0 heterocycles. The van der Waals surface area contributed by atoms with Gasteiger partial charge in [0.2, 0.25) is 0 Å². The SMILES string of the molecule is CN(C)P=N. The molecule has 1 N–H and O–H groups in total. The Morgan fingerprint density at radius 2 is 1.80 bits per heavy atom. The number of hydrogen-bond acceptors (Lipinski definition) is 1. The van der Waals surface area contributed by atoms with Crippen LogP contribution in [-0.4, -0.2) is 18.8 Å². The number of rotatable bonds is 1. The van der Waals surface area contributed by atoms with Crippen molar-refractivity contribution < 1.29 is 0 Å². The first-order valence-electron chi connectivity index (χ1n) is 1.32. The van der Waals surface area contributed by atoms with Crippen LogP contribution in [0, 0.1) is 5.16 Å². The van der Waals surface area contributed by atoms with Gasteiger partial charge < -0.3 is 0 Å². The molecule has 0 aliphatic carbocycles. The van der Waals surface area contributed by atoms with Crippen molar-refractivity contribution in [3.63, 3.8) is 0 Å². The second kappa shape index (κ2) is 2.31. The fourth-order valence-corrected chi connectivity index (χ4v) is 0. The van der Waals surface area contributed by atoms with E-state index in [0.717, 1.165) is 0 Å². The van der Waals surface area contributed by atoms with Gasteiger partial charge in [0.1, 0.15) is 0 Å². The first kappa shape index (κ1) is 5.06. The van der Waals surface area contributed by atoms with Crippen LogP contribution in [0.2, 0.25) is 0 Å². The van der Waals surface area contributed by atoms with E-state index in [1.165, 1.54) is 0 Å². The minimum absolute atomic E-state index is 0.580. The molecule has 5 heavy (non-hydrogen) atoms. The highest BCUT2D eigenvalue weighted by Crippen LogP contribution is 1.91. The molecule has 0 aromatic heterocycles. The van der Waals surface area contributed by atoms with Gasteiger partial charge in [0.05, 0.1) is 8.52 Å². The molecule has 0 amide bonds. The molecule has 0 rings (SSSR count). The van der Waals surface area contributed by atoms with E-state index in [9.17, 15) is 0 Å². The summed E-state index contributed by atoms with van der Waals surface area (Å²) in [6, 6.07) is 0. The van der Waals surface area contributed by atoms with Crippen LogP contribution in [0.5, 0.6) is 0 Å². The zero-order chi connectivity index (χ0) is 4.28. The van der Waals surface area contributed by atoms with Gasteiger partial charge in [0.25, 0.3) is 0 Å². The Morgan fingerprint density at radius 3 is 1.80 bits per heavy atom. The van der Waals surface area contributed by atoms with Crippen molar-refractivity contribution in [2.75, 3.05) is 14.1 Å². The van der Waals surface area contributed by atoms with Crippen LogP contribution in [0.1, 0.15) is 0 Å². The molecular formula is C2H7N2P. The second-order valence-electron chi connectivity index (χ2n) is 0.947. The van der Waals surface area contributed by atoms with Crippen LogP contribution in [0.25, 0.3) is 0 Å². The van der Waals surface area contributed by atoms with Crippen molar-refractivity contribution in [3.8, 4) is 0 Å². The Kier molecular flexibility index (Phi) is 2.33. The highest BCUT2D eigenvalue weighted by atomic mass is 31.1. The summed E-state index contributed by atoms with van der Waals surface area (Å²) in [6.45, 7) is 0. The van der Waals surface area contributed by atoms with Crippen LogP contribution < -0.4 is 0 Å². The maximum absolute atomic E-state index is 6.56. The summed E-state index contributed by atoms with van der Waals surface area (Å²) in [4.78, 5) is 0. The Balaban J connectivity index is 2.83. The lowest BCUT2D eigenvalue weighted by Gasteiger charge is -1.90. The maximum Gasteiger partial charge on any atom is 0.0897 e. The van der Waals surface area contributed by atoms with E-state index in [-0.39, 0.29) is 0 Å². The summed E-state index contributed by atoms with van der Waals surface area (Å²) in [5.74, 6) is 0. The van der Waals surface area contributed by atoms with Crippen molar-refractivity contribution in [2.24, 2.45) is 0 Å². The van der Waals surface area contributed by atoms with Gasteiger partial charge in [-0.1, -0.05) is 0 Å². The van der Waals surface area contributed by atoms with Crippen LogP contribution in [-0.2, 0) is 0 Å². The predicted octanol–water partition coefficient (Wildman–Crippen LogP) is 1.17. The average Bonchev–Trinajstić information content (AvgIpc) is 1.38. The average molecular weight is 90.1 g/mol. The smallest absolute Gasteiger partial charge is 0.0897 e. The molecule has 0 radical (unpaired) electrons. The predicted molar refractivity (Wildman–Crippen MR) is 23.3 cm³/mol. The molecule has 0 fully saturated rings. The van der Waals surface area contributed by atoms with Gasteiger partial charge in [0.15, 0.2) is 0 Å². The van der Waals surface area contributed by atoms with Gasteiger partial charge >= 0.3 is 0 Å². The van der Waals surface area contributed by atoms with Crippen LogP contribution in [0.3, 0.4) is 0 Å². The Hall–Kier alpha value is 0.0600. The Labute approximate surface area is 33.5 Å². The zero-order valence-electron chi connectivity index (χ0n) is 3.39. The summed E-state index contributed by atoms with van der Waals surface area (Å²) < 4.78 is 1.76. The molecule has 2 nitrogen and oxygen atoms in total. The standard InChI is InChI=1S/C2H7N2P/c1-4(2)5-3/h3H,1-2H3. The third kappa shape index (κ3) is 4.06. The van der Waals surface area contributed by atoms with Gasteiger partial charge in [-0.25, -0.2) is 4.67 Å². The van der Waals surface area contributed by atoms with Crippen LogP contribution in [0.15, 0.2) is 0 Å². The van der Waals surface area contributed by atoms with Crippen molar-refractivity contribution in [3.05, 3.63) is 0 Å². The van der Waals surface area contributed by atoms with E-state index >= 15 is 0 Å². The quantitative estimate of drug-likeness (QED) is 0.481. The summed E-state index contributed by atoms with van der Waals surface area (Å²) >= 11 is 0. The molecule has 0 bridgehead atoms. The first-order chi connectivity index (χ1) is 2.27. The number of nitrogens with one attached hydrogen (secondary N) is 1. The largest absolute Gasteiger partial charge is 0.269 e. The van der Waals surface area contributed by atoms with E-state index in [1.54, 1.807) is 4.67 Å². The molecule has 0 aromatic carbocycles. The van der Waals surface area contributed by atoms with Gasteiger partial charge in [0, 0.05) is 0 Å². The lowest BCUT2D eigenvalue weighted by atomic mass is 11.3. The van der Waals surface area contributed by atoms with Crippen molar-refractivity contribution in [1.82, 2.24) is 4.67 Å². The molecule has 0 aromatic rings. The fraction of sp³-hybridized carbons (Fsp3) is 1.00. The monoisotopic (exact) mass is 90.0 g/mol. The molecule has 0 spiro atoms. The normalized spacial score (nSPS) is 10.2. The van der Waals surface area contributed by atoms with Crippen molar-refractivity contribution in [1.29, 1.82) is 5.16 Å². The van der Waals surface area contributed by atoms with Crippen LogP contribution >= 0.6 is 8.52 Å².